The van der Waals surface area contributed by atoms with Crippen LogP contribution in [-0.4, -0.2) is 30.8 Å². The molecule has 0 atom stereocenters. The summed E-state index contributed by atoms with van der Waals surface area (Å²) in [5, 5.41) is 3.88. The van der Waals surface area contributed by atoms with E-state index in [1.54, 1.807) is 24.5 Å². The monoisotopic (exact) mass is 370 g/mol. The predicted octanol–water partition coefficient (Wildman–Crippen LogP) is 0.232. The molecule has 10 nitrogen and oxygen atoms in total. The molecule has 1 N–H and O–H groups in total. The summed E-state index contributed by atoms with van der Waals surface area (Å²) in [5.41, 5.74) is 2.57. The van der Waals surface area contributed by atoms with Gasteiger partial charge in [-0.3, -0.25) is 18.7 Å². The molecule has 27 heavy (non-hydrogen) atoms. The molecule has 0 aliphatic rings. The van der Waals surface area contributed by atoms with Gasteiger partial charge < -0.3 is 8.98 Å². The van der Waals surface area contributed by atoms with E-state index in [9.17, 15) is 14.4 Å². The van der Waals surface area contributed by atoms with E-state index in [1.165, 1.54) is 35.8 Å². The van der Waals surface area contributed by atoms with E-state index in [0.717, 1.165) is 10.1 Å². The quantitative estimate of drug-likeness (QED) is 0.510. The maximum absolute atomic E-state index is 12.3. The average molecular weight is 370 g/mol. The zero-order valence-electron chi connectivity index (χ0n) is 15.0. The summed E-state index contributed by atoms with van der Waals surface area (Å²) in [6, 6.07) is 3.57. The van der Waals surface area contributed by atoms with Crippen LogP contribution in [0.3, 0.4) is 0 Å². The third-order valence-corrected chi connectivity index (χ3v) is 3.90. The maximum Gasteiger partial charge on any atom is 0.332 e. The lowest BCUT2D eigenvalue weighted by molar-refractivity contribution is -0.121. The highest BCUT2D eigenvalue weighted by Gasteiger charge is 2.15. The number of amides is 1. The lowest BCUT2D eigenvalue weighted by Crippen LogP contribution is -2.38. The van der Waals surface area contributed by atoms with E-state index in [1.807, 2.05) is 6.92 Å². The second kappa shape index (κ2) is 7.28. The molecule has 0 saturated heterocycles. The SMILES string of the molecule is CC(/C=N\NC(=O)Cn1cnc2c1c(=O)n(C)c(=O)n2C)=C\c1ccco1. The number of nitrogens with zero attached hydrogens (tertiary/aromatic N) is 5. The van der Waals surface area contributed by atoms with Gasteiger partial charge in [-0.15, -0.1) is 0 Å². The lowest BCUT2D eigenvalue weighted by Gasteiger charge is -2.05. The van der Waals surface area contributed by atoms with Crippen molar-refractivity contribution in [2.45, 2.75) is 13.5 Å². The zero-order valence-corrected chi connectivity index (χ0v) is 15.0. The Morgan fingerprint density at radius 2 is 2.11 bits per heavy atom. The van der Waals surface area contributed by atoms with Gasteiger partial charge in [-0.2, -0.15) is 5.10 Å². The van der Waals surface area contributed by atoms with E-state index in [0.29, 0.717) is 5.76 Å². The van der Waals surface area contributed by atoms with Crippen LogP contribution >= 0.6 is 0 Å². The van der Waals surface area contributed by atoms with Crippen LogP contribution in [0, 0.1) is 0 Å². The Bertz CT molecular complexity index is 1160. The Balaban J connectivity index is 1.74. The van der Waals surface area contributed by atoms with Gasteiger partial charge in [0.1, 0.15) is 12.3 Å². The zero-order chi connectivity index (χ0) is 19.6. The normalized spacial score (nSPS) is 12.2. The van der Waals surface area contributed by atoms with Crippen LogP contribution in [-0.2, 0) is 25.4 Å². The largest absolute Gasteiger partial charge is 0.465 e. The number of allylic oxidation sites excluding steroid dienone is 1. The van der Waals surface area contributed by atoms with Crippen molar-refractivity contribution in [2.24, 2.45) is 19.2 Å². The summed E-state index contributed by atoms with van der Waals surface area (Å²) in [5.74, 6) is 0.240. The molecule has 0 spiro atoms. The Hall–Kier alpha value is -3.69. The number of furan rings is 1. The molecule has 0 bridgehead atoms. The molecule has 0 unspecified atom stereocenters. The van der Waals surface area contributed by atoms with Crippen molar-refractivity contribution < 1.29 is 9.21 Å². The minimum atomic E-state index is -0.515. The molecule has 140 valence electrons. The van der Waals surface area contributed by atoms with Crippen molar-refractivity contribution in [3.8, 4) is 0 Å². The number of hydrogen-bond acceptors (Lipinski definition) is 6. The summed E-state index contributed by atoms with van der Waals surface area (Å²) in [4.78, 5) is 40.4. The van der Waals surface area contributed by atoms with Crippen molar-refractivity contribution in [1.29, 1.82) is 0 Å². The van der Waals surface area contributed by atoms with Gasteiger partial charge in [0, 0.05) is 14.1 Å². The summed E-state index contributed by atoms with van der Waals surface area (Å²) >= 11 is 0. The van der Waals surface area contributed by atoms with Crippen molar-refractivity contribution in [1.82, 2.24) is 24.1 Å². The molecule has 0 aliphatic carbocycles. The van der Waals surface area contributed by atoms with Crippen molar-refractivity contribution >= 4 is 29.4 Å². The molecule has 0 radical (unpaired) electrons. The van der Waals surface area contributed by atoms with Gasteiger partial charge in [-0.25, -0.2) is 15.2 Å². The number of fused-ring (bicyclic) bond motifs is 1. The first kappa shape index (κ1) is 18.1. The number of imidazole rings is 1. The van der Waals surface area contributed by atoms with E-state index >= 15 is 0 Å². The number of rotatable bonds is 5. The van der Waals surface area contributed by atoms with Crippen LogP contribution in [0.2, 0.25) is 0 Å². The molecule has 3 aromatic heterocycles. The summed E-state index contributed by atoms with van der Waals surface area (Å²) in [6.45, 7) is 1.65. The molecule has 3 aromatic rings. The second-order valence-electron chi connectivity index (χ2n) is 5.95. The first-order valence-corrected chi connectivity index (χ1v) is 8.03. The van der Waals surface area contributed by atoms with E-state index in [4.69, 9.17) is 4.42 Å². The molecule has 1 amide bonds. The second-order valence-corrected chi connectivity index (χ2v) is 5.95. The third kappa shape index (κ3) is 3.64. The van der Waals surface area contributed by atoms with Crippen LogP contribution < -0.4 is 16.7 Å². The minimum Gasteiger partial charge on any atom is -0.465 e. The highest BCUT2D eigenvalue weighted by molar-refractivity contribution is 5.86. The highest BCUT2D eigenvalue weighted by Crippen LogP contribution is 2.06. The number of carbonyl (C=O) groups is 1. The number of carbonyl (C=O) groups excluding carboxylic acids is 1. The van der Waals surface area contributed by atoms with Gasteiger partial charge >= 0.3 is 5.69 Å². The highest BCUT2D eigenvalue weighted by atomic mass is 16.3. The Morgan fingerprint density at radius 3 is 2.81 bits per heavy atom. The topological polar surface area (TPSA) is 116 Å². The van der Waals surface area contributed by atoms with Gasteiger partial charge in [0.05, 0.1) is 18.8 Å². The Morgan fingerprint density at radius 1 is 1.33 bits per heavy atom. The van der Waals surface area contributed by atoms with Crippen LogP contribution in [0.15, 0.2) is 49.4 Å². The van der Waals surface area contributed by atoms with E-state index < -0.39 is 17.2 Å². The van der Waals surface area contributed by atoms with Crippen LogP contribution in [0.5, 0.6) is 0 Å². The smallest absolute Gasteiger partial charge is 0.332 e. The van der Waals surface area contributed by atoms with Crippen molar-refractivity contribution in [3.63, 3.8) is 0 Å². The molecule has 0 aromatic carbocycles. The number of aryl methyl sites for hydroxylation is 1. The van der Waals surface area contributed by atoms with E-state index in [2.05, 4.69) is 15.5 Å². The molecular weight excluding hydrogens is 352 g/mol. The summed E-state index contributed by atoms with van der Waals surface area (Å²) in [7, 11) is 2.89. The minimum absolute atomic E-state index is 0.164. The fourth-order valence-corrected chi connectivity index (χ4v) is 2.55. The fraction of sp³-hybridized carbons (Fsp3) is 0.235. The first-order valence-electron chi connectivity index (χ1n) is 8.03. The fourth-order valence-electron chi connectivity index (χ4n) is 2.55. The van der Waals surface area contributed by atoms with Gasteiger partial charge in [0.25, 0.3) is 11.5 Å². The maximum atomic E-state index is 12.3. The standard InChI is InChI=1S/C17H18N6O4/c1-11(7-12-5-4-6-27-12)8-19-20-13(24)9-23-10-18-15-14(23)16(25)22(3)17(26)21(15)2/h4-8,10H,9H2,1-3H3,(H,20,24)/b11-7+,19-8-. The number of hydrogen-bond donors (Lipinski definition) is 1. The molecule has 10 heteroatoms. The molecule has 3 rings (SSSR count). The van der Waals surface area contributed by atoms with Crippen LogP contribution in [0.4, 0.5) is 0 Å². The van der Waals surface area contributed by atoms with Gasteiger partial charge in [0.2, 0.25) is 0 Å². The Labute approximate surface area is 153 Å². The third-order valence-electron chi connectivity index (χ3n) is 3.90. The number of hydrazone groups is 1. The first-order chi connectivity index (χ1) is 12.9. The summed E-state index contributed by atoms with van der Waals surface area (Å²) in [6.07, 6.45) is 6.16. The number of nitrogens with one attached hydrogen (secondary N) is 1. The van der Waals surface area contributed by atoms with Crippen molar-refractivity contribution in [2.75, 3.05) is 0 Å². The number of aromatic nitrogens is 4. The molecule has 0 fully saturated rings. The van der Waals surface area contributed by atoms with Gasteiger partial charge in [0.15, 0.2) is 11.2 Å². The van der Waals surface area contributed by atoms with Gasteiger partial charge in [-0.05, 0) is 30.7 Å². The molecule has 3 heterocycles. The molecular formula is C17H18N6O4. The average Bonchev–Trinajstić information content (AvgIpc) is 3.28. The van der Waals surface area contributed by atoms with E-state index in [-0.39, 0.29) is 17.7 Å². The lowest BCUT2D eigenvalue weighted by atomic mass is 10.3. The van der Waals surface area contributed by atoms with Gasteiger partial charge in [-0.1, -0.05) is 0 Å². The van der Waals surface area contributed by atoms with Crippen molar-refractivity contribution in [3.05, 3.63) is 56.9 Å². The van der Waals surface area contributed by atoms with Crippen LogP contribution in [0.25, 0.3) is 17.2 Å². The molecule has 0 saturated carbocycles. The predicted molar refractivity (Wildman–Crippen MR) is 99.2 cm³/mol. The Kier molecular flexibility index (Phi) is 4.88. The summed E-state index contributed by atoms with van der Waals surface area (Å²) < 4.78 is 8.80. The molecule has 0 aliphatic heterocycles. The van der Waals surface area contributed by atoms with Crippen LogP contribution in [0.1, 0.15) is 12.7 Å².